The van der Waals surface area contributed by atoms with Gasteiger partial charge in [0, 0.05) is 5.56 Å². The minimum Gasteiger partial charge on any atom is -0.337 e. The molecular formula is C9H7O2. The van der Waals surface area contributed by atoms with E-state index in [0.29, 0.717) is 6.61 Å². The van der Waals surface area contributed by atoms with E-state index in [1.54, 1.807) is 0 Å². The monoisotopic (exact) mass is 147 g/mol. The molecule has 55 valence electrons. The van der Waals surface area contributed by atoms with Gasteiger partial charge in [0.25, 0.3) is 0 Å². The van der Waals surface area contributed by atoms with Crippen LogP contribution in [0.3, 0.4) is 0 Å². The smallest absolute Gasteiger partial charge is 0.173 e. The van der Waals surface area contributed by atoms with E-state index in [-0.39, 0.29) is 0 Å². The number of hydrogen-bond acceptors (Lipinski definition) is 2. The fourth-order valence-corrected chi connectivity index (χ4v) is 0.940. The standard InChI is InChI=1S/C9H7O2/c1-2-6-9-8(4-1)5-3-7-10-11-9/h1-3,5-6H,7H2. The predicted octanol–water partition coefficient (Wildman–Crippen LogP) is 1.82. The molecule has 0 amide bonds. The molecule has 0 unspecified atom stereocenters. The number of fused-ring (bicyclic) bond motifs is 1. The quantitative estimate of drug-likeness (QED) is 0.521. The lowest BCUT2D eigenvalue weighted by atomic mass is 10.2. The predicted molar refractivity (Wildman–Crippen MR) is 40.9 cm³/mol. The van der Waals surface area contributed by atoms with Crippen molar-refractivity contribution < 1.29 is 9.78 Å². The van der Waals surface area contributed by atoms with Gasteiger partial charge in [-0.1, -0.05) is 24.3 Å². The molecule has 0 aromatic heterocycles. The Bertz CT molecular complexity index is 279. The largest absolute Gasteiger partial charge is 0.337 e. The molecule has 0 bridgehead atoms. The van der Waals surface area contributed by atoms with E-state index in [0.717, 1.165) is 11.3 Å². The molecular weight excluding hydrogens is 140 g/mol. The summed E-state index contributed by atoms with van der Waals surface area (Å²) in [6, 6.07) is 8.59. The van der Waals surface area contributed by atoms with Gasteiger partial charge in [0.1, 0.15) is 6.61 Å². The molecule has 1 aromatic rings. The van der Waals surface area contributed by atoms with Gasteiger partial charge in [-0.2, -0.15) is 4.89 Å². The van der Waals surface area contributed by atoms with Crippen molar-refractivity contribution in [1.29, 1.82) is 0 Å². The molecule has 2 nitrogen and oxygen atoms in total. The van der Waals surface area contributed by atoms with Gasteiger partial charge in [0.15, 0.2) is 5.75 Å². The number of rotatable bonds is 0. The topological polar surface area (TPSA) is 18.5 Å². The molecule has 1 aromatic carbocycles. The molecule has 0 fully saturated rings. The molecule has 0 spiro atoms. The lowest BCUT2D eigenvalue weighted by molar-refractivity contribution is -0.194. The highest BCUT2D eigenvalue weighted by atomic mass is 17.2. The van der Waals surface area contributed by atoms with Crippen molar-refractivity contribution >= 4 is 6.08 Å². The van der Waals surface area contributed by atoms with Gasteiger partial charge < -0.3 is 4.89 Å². The van der Waals surface area contributed by atoms with Crippen LogP contribution in [0.15, 0.2) is 24.3 Å². The summed E-state index contributed by atoms with van der Waals surface area (Å²) in [5.41, 5.74) is 0.935. The number of benzene rings is 1. The first-order valence-corrected chi connectivity index (χ1v) is 3.43. The van der Waals surface area contributed by atoms with Gasteiger partial charge >= 0.3 is 0 Å². The van der Waals surface area contributed by atoms with Crippen LogP contribution in [0.5, 0.6) is 5.75 Å². The SMILES string of the molecule is [c]1cccc2c1C=CCOO2. The molecule has 0 N–H and O–H groups in total. The van der Waals surface area contributed by atoms with E-state index in [1.165, 1.54) is 0 Å². The third-order valence-electron chi connectivity index (χ3n) is 1.45. The summed E-state index contributed by atoms with van der Waals surface area (Å²) in [6.45, 7) is 0.489. The highest BCUT2D eigenvalue weighted by Gasteiger charge is 2.02. The summed E-state index contributed by atoms with van der Waals surface area (Å²) >= 11 is 0. The van der Waals surface area contributed by atoms with Gasteiger partial charge in [-0.3, -0.25) is 0 Å². The van der Waals surface area contributed by atoms with Crippen LogP contribution < -0.4 is 4.89 Å². The van der Waals surface area contributed by atoms with Gasteiger partial charge in [0.05, 0.1) is 0 Å². The normalized spacial score (nSPS) is 14.9. The summed E-state index contributed by atoms with van der Waals surface area (Å²) < 4.78 is 0. The van der Waals surface area contributed by atoms with Gasteiger partial charge in [-0.05, 0) is 12.1 Å². The zero-order valence-corrected chi connectivity index (χ0v) is 5.91. The fraction of sp³-hybridized carbons (Fsp3) is 0.111. The van der Waals surface area contributed by atoms with E-state index in [1.807, 2.05) is 30.4 Å². The lowest BCUT2D eigenvalue weighted by Crippen LogP contribution is -1.94. The highest BCUT2D eigenvalue weighted by molar-refractivity contribution is 5.56. The van der Waals surface area contributed by atoms with Crippen LogP contribution >= 0.6 is 0 Å². The van der Waals surface area contributed by atoms with E-state index in [2.05, 4.69) is 6.07 Å². The van der Waals surface area contributed by atoms with Crippen LogP contribution in [-0.2, 0) is 4.89 Å². The van der Waals surface area contributed by atoms with Crippen molar-refractivity contribution in [3.05, 3.63) is 35.9 Å². The second-order valence-electron chi connectivity index (χ2n) is 2.22. The maximum absolute atomic E-state index is 4.95. The molecule has 1 radical (unpaired) electrons. The van der Waals surface area contributed by atoms with Crippen LogP contribution in [0.4, 0.5) is 0 Å². The van der Waals surface area contributed by atoms with Crippen LogP contribution in [-0.4, -0.2) is 6.61 Å². The van der Waals surface area contributed by atoms with Gasteiger partial charge in [-0.15, -0.1) is 0 Å². The van der Waals surface area contributed by atoms with Crippen molar-refractivity contribution in [3.8, 4) is 5.75 Å². The first kappa shape index (κ1) is 6.43. The Morgan fingerprint density at radius 3 is 3.45 bits per heavy atom. The summed E-state index contributed by atoms with van der Waals surface area (Å²) in [4.78, 5) is 9.77. The minimum atomic E-state index is 0.489. The van der Waals surface area contributed by atoms with Crippen molar-refractivity contribution in [2.45, 2.75) is 0 Å². The molecule has 1 heterocycles. The Morgan fingerprint density at radius 2 is 2.45 bits per heavy atom. The first-order chi connectivity index (χ1) is 5.47. The van der Waals surface area contributed by atoms with Crippen molar-refractivity contribution in [3.63, 3.8) is 0 Å². The average molecular weight is 147 g/mol. The molecule has 0 aliphatic carbocycles. The molecule has 2 rings (SSSR count). The molecule has 1 aliphatic heterocycles. The highest BCUT2D eigenvalue weighted by Crippen LogP contribution is 2.20. The Morgan fingerprint density at radius 1 is 1.45 bits per heavy atom. The summed E-state index contributed by atoms with van der Waals surface area (Å²) in [5, 5.41) is 0. The molecule has 0 saturated heterocycles. The first-order valence-electron chi connectivity index (χ1n) is 3.43. The molecule has 11 heavy (non-hydrogen) atoms. The summed E-state index contributed by atoms with van der Waals surface area (Å²) in [6.07, 6.45) is 3.82. The molecule has 1 aliphatic rings. The van der Waals surface area contributed by atoms with E-state index in [4.69, 9.17) is 9.78 Å². The van der Waals surface area contributed by atoms with E-state index >= 15 is 0 Å². The van der Waals surface area contributed by atoms with Crippen molar-refractivity contribution in [2.75, 3.05) is 6.61 Å². The Labute approximate surface area is 65.0 Å². The fourth-order valence-electron chi connectivity index (χ4n) is 0.940. The molecule has 2 heteroatoms. The lowest BCUT2D eigenvalue weighted by Gasteiger charge is -2.01. The Kier molecular flexibility index (Phi) is 1.61. The maximum atomic E-state index is 4.95. The third kappa shape index (κ3) is 1.25. The van der Waals surface area contributed by atoms with Crippen LogP contribution in [0.25, 0.3) is 6.08 Å². The zero-order valence-electron chi connectivity index (χ0n) is 5.91. The maximum Gasteiger partial charge on any atom is 0.173 e. The molecule has 0 atom stereocenters. The summed E-state index contributed by atoms with van der Waals surface area (Å²) in [5.74, 6) is 0.723. The van der Waals surface area contributed by atoms with Crippen LogP contribution in [0.2, 0.25) is 0 Å². The van der Waals surface area contributed by atoms with Gasteiger partial charge in [-0.25, -0.2) is 0 Å². The number of hydrogen-bond donors (Lipinski definition) is 0. The average Bonchev–Trinajstić information content (AvgIpc) is 2.28. The van der Waals surface area contributed by atoms with Crippen molar-refractivity contribution in [2.24, 2.45) is 0 Å². The third-order valence-corrected chi connectivity index (χ3v) is 1.45. The van der Waals surface area contributed by atoms with Crippen molar-refractivity contribution in [1.82, 2.24) is 0 Å². The second kappa shape index (κ2) is 2.76. The minimum absolute atomic E-state index is 0.489. The molecule has 0 saturated carbocycles. The zero-order chi connectivity index (χ0) is 7.52. The van der Waals surface area contributed by atoms with E-state index in [9.17, 15) is 0 Å². The Balaban J connectivity index is 2.45. The second-order valence-corrected chi connectivity index (χ2v) is 2.22. The van der Waals surface area contributed by atoms with Crippen LogP contribution in [0.1, 0.15) is 5.56 Å². The van der Waals surface area contributed by atoms with E-state index < -0.39 is 0 Å². The van der Waals surface area contributed by atoms with Gasteiger partial charge in [0.2, 0.25) is 0 Å². The Hall–Kier alpha value is -1.28. The summed E-state index contributed by atoms with van der Waals surface area (Å²) in [7, 11) is 0. The van der Waals surface area contributed by atoms with Crippen LogP contribution in [0, 0.1) is 6.07 Å².